The van der Waals surface area contributed by atoms with Crippen LogP contribution in [0, 0.1) is 5.92 Å². The van der Waals surface area contributed by atoms with Gasteiger partial charge in [0.25, 0.3) is 0 Å². The summed E-state index contributed by atoms with van der Waals surface area (Å²) < 4.78 is 11.2. The molecule has 3 unspecified atom stereocenters. The molecule has 3 heteroatoms. The van der Waals surface area contributed by atoms with Crippen LogP contribution in [0.2, 0.25) is 0 Å². The molecule has 0 bridgehead atoms. The Balaban J connectivity index is 1.86. The molecule has 0 aliphatic carbocycles. The Morgan fingerprint density at radius 2 is 2.29 bits per heavy atom. The Morgan fingerprint density at radius 3 is 3.06 bits per heavy atom. The predicted molar refractivity (Wildman–Crippen MR) is 64.1 cm³/mol. The minimum Gasteiger partial charge on any atom is -0.493 e. The van der Waals surface area contributed by atoms with Crippen molar-refractivity contribution < 1.29 is 14.6 Å². The molecule has 2 aliphatic heterocycles. The summed E-state index contributed by atoms with van der Waals surface area (Å²) in [5, 5.41) is 10.4. The van der Waals surface area contributed by atoms with Crippen molar-refractivity contribution in [1.29, 1.82) is 0 Å². The fraction of sp³-hybridized carbons (Fsp3) is 0.571. The summed E-state index contributed by atoms with van der Waals surface area (Å²) in [5.41, 5.74) is 2.15. The van der Waals surface area contributed by atoms with Crippen LogP contribution in [0.3, 0.4) is 0 Å². The van der Waals surface area contributed by atoms with Gasteiger partial charge in [0, 0.05) is 17.9 Å². The van der Waals surface area contributed by atoms with Crippen molar-refractivity contribution in [2.75, 3.05) is 13.2 Å². The molecule has 1 saturated heterocycles. The zero-order chi connectivity index (χ0) is 11.8. The molecule has 1 N–H and O–H groups in total. The van der Waals surface area contributed by atoms with Crippen molar-refractivity contribution in [3.05, 3.63) is 29.3 Å². The number of ether oxygens (including phenoxy) is 2. The van der Waals surface area contributed by atoms with Crippen LogP contribution in [0.25, 0.3) is 0 Å². The molecular formula is C14H18O3. The summed E-state index contributed by atoms with van der Waals surface area (Å²) in [7, 11) is 0. The van der Waals surface area contributed by atoms with Gasteiger partial charge in [0.15, 0.2) is 0 Å². The topological polar surface area (TPSA) is 38.7 Å². The third-order valence-corrected chi connectivity index (χ3v) is 3.74. The van der Waals surface area contributed by atoms with Crippen LogP contribution < -0.4 is 4.74 Å². The van der Waals surface area contributed by atoms with Gasteiger partial charge in [0.05, 0.1) is 25.4 Å². The summed E-state index contributed by atoms with van der Waals surface area (Å²) in [6.45, 7) is 3.43. The molecule has 0 aromatic heterocycles. The van der Waals surface area contributed by atoms with Crippen molar-refractivity contribution in [2.45, 2.75) is 32.0 Å². The van der Waals surface area contributed by atoms with E-state index in [4.69, 9.17) is 9.47 Å². The molecule has 3 rings (SSSR count). The van der Waals surface area contributed by atoms with E-state index < -0.39 is 6.10 Å². The number of aliphatic hydroxyl groups is 1. The molecule has 3 nitrogen and oxygen atoms in total. The van der Waals surface area contributed by atoms with Crippen molar-refractivity contribution >= 4 is 0 Å². The maximum Gasteiger partial charge on any atom is 0.128 e. The van der Waals surface area contributed by atoms with Crippen LogP contribution in [0.5, 0.6) is 5.75 Å². The van der Waals surface area contributed by atoms with Crippen LogP contribution in [0.15, 0.2) is 18.2 Å². The van der Waals surface area contributed by atoms with Gasteiger partial charge < -0.3 is 14.6 Å². The lowest BCUT2D eigenvalue weighted by molar-refractivity contribution is 0.0789. The van der Waals surface area contributed by atoms with Crippen LogP contribution >= 0.6 is 0 Å². The Kier molecular flexibility index (Phi) is 2.81. The molecule has 0 saturated carbocycles. The van der Waals surface area contributed by atoms with Crippen molar-refractivity contribution in [2.24, 2.45) is 5.92 Å². The molecule has 1 aromatic rings. The smallest absolute Gasteiger partial charge is 0.128 e. The highest BCUT2D eigenvalue weighted by Gasteiger charge is 2.32. The quantitative estimate of drug-likeness (QED) is 0.851. The third kappa shape index (κ3) is 1.94. The van der Waals surface area contributed by atoms with Crippen LogP contribution in [-0.2, 0) is 11.2 Å². The van der Waals surface area contributed by atoms with E-state index in [1.165, 1.54) is 5.56 Å². The lowest BCUT2D eigenvalue weighted by Gasteiger charge is -2.19. The molecule has 0 spiro atoms. The highest BCUT2D eigenvalue weighted by atomic mass is 16.5. The molecule has 92 valence electrons. The Bertz CT molecular complexity index is 416. The number of aliphatic hydroxyl groups excluding tert-OH is 1. The Hall–Kier alpha value is -1.06. The van der Waals surface area contributed by atoms with E-state index in [9.17, 15) is 5.11 Å². The highest BCUT2D eigenvalue weighted by Crippen LogP contribution is 2.39. The van der Waals surface area contributed by atoms with Crippen LogP contribution in [-0.4, -0.2) is 24.4 Å². The second kappa shape index (κ2) is 4.31. The van der Waals surface area contributed by atoms with Gasteiger partial charge in [-0.05, 0) is 18.9 Å². The number of hydrogen-bond donors (Lipinski definition) is 1. The van der Waals surface area contributed by atoms with Gasteiger partial charge in [-0.15, -0.1) is 0 Å². The zero-order valence-corrected chi connectivity index (χ0v) is 10.1. The van der Waals surface area contributed by atoms with E-state index in [0.29, 0.717) is 6.61 Å². The third-order valence-electron chi connectivity index (χ3n) is 3.74. The molecular weight excluding hydrogens is 216 g/mol. The number of benzene rings is 1. The lowest BCUT2D eigenvalue weighted by atomic mass is 9.92. The first-order valence-corrected chi connectivity index (χ1v) is 6.30. The van der Waals surface area contributed by atoms with Gasteiger partial charge >= 0.3 is 0 Å². The molecule has 0 amide bonds. The fourth-order valence-electron chi connectivity index (χ4n) is 2.80. The average molecular weight is 234 g/mol. The Labute approximate surface area is 101 Å². The van der Waals surface area contributed by atoms with E-state index in [1.54, 1.807) is 0 Å². The summed E-state index contributed by atoms with van der Waals surface area (Å²) in [4.78, 5) is 0. The van der Waals surface area contributed by atoms with Gasteiger partial charge in [0.2, 0.25) is 0 Å². The minimum absolute atomic E-state index is 0.195. The first-order valence-electron chi connectivity index (χ1n) is 6.30. The van der Waals surface area contributed by atoms with E-state index in [1.807, 2.05) is 12.1 Å². The van der Waals surface area contributed by atoms with Crippen molar-refractivity contribution in [1.82, 2.24) is 0 Å². The Morgan fingerprint density at radius 1 is 1.41 bits per heavy atom. The number of para-hydroxylation sites is 1. The van der Waals surface area contributed by atoms with Crippen LogP contribution in [0.1, 0.15) is 30.6 Å². The molecule has 3 atom stereocenters. The predicted octanol–water partition coefficient (Wildman–Crippen LogP) is 2.08. The molecule has 2 aliphatic rings. The lowest BCUT2D eigenvalue weighted by Crippen LogP contribution is -2.13. The van der Waals surface area contributed by atoms with E-state index in [2.05, 4.69) is 13.0 Å². The number of rotatable bonds is 2. The normalized spacial score (nSPS) is 28.8. The summed E-state index contributed by atoms with van der Waals surface area (Å²) in [6, 6.07) is 6.05. The first kappa shape index (κ1) is 11.1. The highest BCUT2D eigenvalue weighted by molar-refractivity contribution is 5.45. The van der Waals surface area contributed by atoms with E-state index in [-0.39, 0.29) is 12.0 Å². The summed E-state index contributed by atoms with van der Waals surface area (Å²) in [5.74, 6) is 1.10. The monoisotopic (exact) mass is 234 g/mol. The average Bonchev–Trinajstić information content (AvgIpc) is 2.95. The van der Waals surface area contributed by atoms with Crippen LogP contribution in [0.4, 0.5) is 0 Å². The maximum atomic E-state index is 10.4. The maximum absolute atomic E-state index is 10.4. The van der Waals surface area contributed by atoms with E-state index >= 15 is 0 Å². The van der Waals surface area contributed by atoms with E-state index in [0.717, 1.165) is 30.8 Å². The molecule has 2 heterocycles. The number of fused-ring (bicyclic) bond motifs is 1. The fourth-order valence-corrected chi connectivity index (χ4v) is 2.80. The summed E-state index contributed by atoms with van der Waals surface area (Å²) >= 11 is 0. The zero-order valence-electron chi connectivity index (χ0n) is 10.1. The second-order valence-corrected chi connectivity index (χ2v) is 5.02. The molecule has 0 radical (unpaired) electrons. The SMILES string of the molecule is CC1CC(C(O)c2cccc3c2OCC3)CO1. The van der Waals surface area contributed by atoms with Crippen molar-refractivity contribution in [3.63, 3.8) is 0 Å². The minimum atomic E-state index is -0.465. The van der Waals surface area contributed by atoms with Gasteiger partial charge in [-0.2, -0.15) is 0 Å². The molecule has 17 heavy (non-hydrogen) atoms. The van der Waals surface area contributed by atoms with Gasteiger partial charge in [-0.3, -0.25) is 0 Å². The van der Waals surface area contributed by atoms with Gasteiger partial charge in [-0.25, -0.2) is 0 Å². The van der Waals surface area contributed by atoms with Gasteiger partial charge in [-0.1, -0.05) is 18.2 Å². The number of hydrogen-bond acceptors (Lipinski definition) is 3. The molecule has 1 fully saturated rings. The first-order chi connectivity index (χ1) is 8.25. The van der Waals surface area contributed by atoms with Gasteiger partial charge in [0.1, 0.15) is 5.75 Å². The largest absolute Gasteiger partial charge is 0.493 e. The molecule has 1 aromatic carbocycles. The second-order valence-electron chi connectivity index (χ2n) is 5.02. The standard InChI is InChI=1S/C14H18O3/c1-9-7-11(8-17-9)13(15)12-4-2-3-10-5-6-16-14(10)12/h2-4,9,11,13,15H,5-8H2,1H3. The summed E-state index contributed by atoms with van der Waals surface area (Å²) in [6.07, 6.45) is 1.67. The van der Waals surface area contributed by atoms with Crippen molar-refractivity contribution in [3.8, 4) is 5.75 Å².